The van der Waals surface area contributed by atoms with Crippen LogP contribution in [0.25, 0.3) is 0 Å². The third kappa shape index (κ3) is 3.83. The average Bonchev–Trinajstić information content (AvgIpc) is 2.48. The fourth-order valence-electron chi connectivity index (χ4n) is 2.66. The van der Waals surface area contributed by atoms with E-state index < -0.39 is 15.8 Å². The summed E-state index contributed by atoms with van der Waals surface area (Å²) in [5, 5.41) is 3.06. The van der Waals surface area contributed by atoms with E-state index in [1.165, 1.54) is 16.4 Å². The van der Waals surface area contributed by atoms with E-state index in [4.69, 9.17) is 0 Å². The van der Waals surface area contributed by atoms with E-state index in [1.807, 2.05) is 7.05 Å². The first-order valence-electron chi connectivity index (χ1n) is 7.08. The molecule has 1 aromatic carbocycles. The summed E-state index contributed by atoms with van der Waals surface area (Å²) < 4.78 is 40.9. The Hall–Kier alpha value is -0.500. The van der Waals surface area contributed by atoms with Gasteiger partial charge in [0.15, 0.2) is 0 Å². The highest BCUT2D eigenvalue weighted by Crippen LogP contribution is 2.28. The van der Waals surface area contributed by atoms with Crippen molar-refractivity contribution in [3.8, 4) is 0 Å². The summed E-state index contributed by atoms with van der Waals surface area (Å²) in [7, 11) is -1.78. The minimum absolute atomic E-state index is 0.0112. The van der Waals surface area contributed by atoms with Gasteiger partial charge in [-0.25, -0.2) is 12.8 Å². The molecule has 0 aromatic heterocycles. The number of hydrogen-bond acceptors (Lipinski definition) is 3. The molecule has 1 atom stereocenters. The lowest BCUT2D eigenvalue weighted by atomic mass is 10.0. The molecule has 118 valence electrons. The molecule has 2 rings (SSSR count). The van der Waals surface area contributed by atoms with E-state index in [1.54, 1.807) is 0 Å². The normalized spacial score (nSPS) is 20.6. The predicted molar refractivity (Wildman–Crippen MR) is 84.2 cm³/mol. The number of nitrogens with zero attached hydrogens (tertiary/aromatic N) is 1. The van der Waals surface area contributed by atoms with Crippen molar-refractivity contribution in [2.24, 2.45) is 0 Å². The minimum atomic E-state index is -3.64. The highest BCUT2D eigenvalue weighted by Gasteiger charge is 2.33. The molecular weight excluding hydrogens is 359 g/mol. The smallest absolute Gasteiger partial charge is 0.243 e. The zero-order valence-electron chi connectivity index (χ0n) is 12.0. The second kappa shape index (κ2) is 7.17. The zero-order chi connectivity index (χ0) is 15.5. The molecule has 0 bridgehead atoms. The first-order valence-corrected chi connectivity index (χ1v) is 9.31. The third-order valence-corrected chi connectivity index (χ3v) is 6.39. The van der Waals surface area contributed by atoms with Gasteiger partial charge in [-0.15, -0.1) is 0 Å². The summed E-state index contributed by atoms with van der Waals surface area (Å²) in [5.41, 5.74) is 0. The molecule has 0 saturated carbocycles. The summed E-state index contributed by atoms with van der Waals surface area (Å²) in [5.74, 6) is -0.556. The fraction of sp³-hybridized carbons (Fsp3) is 0.571. The van der Waals surface area contributed by atoms with Crippen LogP contribution in [0.5, 0.6) is 0 Å². The third-order valence-electron chi connectivity index (χ3n) is 3.80. The van der Waals surface area contributed by atoms with Crippen molar-refractivity contribution in [3.63, 3.8) is 0 Å². The van der Waals surface area contributed by atoms with Gasteiger partial charge in [0.2, 0.25) is 10.0 Å². The van der Waals surface area contributed by atoms with Crippen molar-refractivity contribution in [1.82, 2.24) is 9.62 Å². The Morgan fingerprint density at radius 2 is 2.19 bits per heavy atom. The molecule has 4 nitrogen and oxygen atoms in total. The van der Waals surface area contributed by atoms with E-state index in [-0.39, 0.29) is 15.4 Å². The van der Waals surface area contributed by atoms with Crippen LogP contribution in [0.2, 0.25) is 0 Å². The maximum atomic E-state index is 13.6. The van der Waals surface area contributed by atoms with Crippen LogP contribution in [-0.4, -0.2) is 38.9 Å². The molecule has 0 spiro atoms. The van der Waals surface area contributed by atoms with Gasteiger partial charge >= 0.3 is 0 Å². The first-order chi connectivity index (χ1) is 9.96. The molecule has 1 aliphatic heterocycles. The molecule has 0 radical (unpaired) electrons. The second-order valence-corrected chi connectivity index (χ2v) is 7.98. The Balaban J connectivity index is 2.28. The summed E-state index contributed by atoms with van der Waals surface area (Å²) in [6.45, 7) is 1.28. The summed E-state index contributed by atoms with van der Waals surface area (Å²) in [6, 6.07) is 3.97. The van der Waals surface area contributed by atoms with Gasteiger partial charge in [-0.3, -0.25) is 0 Å². The molecule has 1 heterocycles. The van der Waals surface area contributed by atoms with Crippen LogP contribution in [0, 0.1) is 5.82 Å². The standard InChI is InChI=1S/C14H20BrFN2O2S/c1-17-8-7-11-4-2-3-9-18(11)21(19,20)12-5-6-13(15)14(16)10-12/h5-6,10-11,17H,2-4,7-9H2,1H3. The molecule has 1 aromatic rings. The van der Waals surface area contributed by atoms with Crippen LogP contribution < -0.4 is 5.32 Å². The number of benzene rings is 1. The molecule has 21 heavy (non-hydrogen) atoms. The molecule has 0 aliphatic carbocycles. The van der Waals surface area contributed by atoms with E-state index >= 15 is 0 Å². The number of piperidine rings is 1. The van der Waals surface area contributed by atoms with Gasteiger partial charge < -0.3 is 5.32 Å². The Kier molecular flexibility index (Phi) is 5.76. The van der Waals surface area contributed by atoms with Gasteiger partial charge in [-0.2, -0.15) is 4.31 Å². The second-order valence-electron chi connectivity index (χ2n) is 5.23. The van der Waals surface area contributed by atoms with Crippen LogP contribution >= 0.6 is 15.9 Å². The number of nitrogens with one attached hydrogen (secondary N) is 1. The Morgan fingerprint density at radius 1 is 1.43 bits per heavy atom. The van der Waals surface area contributed by atoms with Crippen LogP contribution in [0.3, 0.4) is 0 Å². The lowest BCUT2D eigenvalue weighted by Crippen LogP contribution is -2.44. The van der Waals surface area contributed by atoms with Gasteiger partial charge in [0.05, 0.1) is 9.37 Å². The first kappa shape index (κ1) is 16.9. The largest absolute Gasteiger partial charge is 0.320 e. The molecule has 1 aliphatic rings. The van der Waals surface area contributed by atoms with Crippen LogP contribution in [-0.2, 0) is 10.0 Å². The fourth-order valence-corrected chi connectivity index (χ4v) is 4.65. The Morgan fingerprint density at radius 3 is 2.86 bits per heavy atom. The number of rotatable bonds is 5. The quantitative estimate of drug-likeness (QED) is 0.856. The van der Waals surface area contributed by atoms with Crippen molar-refractivity contribution in [2.75, 3.05) is 20.1 Å². The number of halogens is 2. The maximum absolute atomic E-state index is 13.6. The highest BCUT2D eigenvalue weighted by atomic mass is 79.9. The van der Waals surface area contributed by atoms with Crippen LogP contribution in [0.15, 0.2) is 27.6 Å². The Bertz CT molecular complexity index is 595. The van der Waals surface area contributed by atoms with Gasteiger partial charge in [-0.05, 0) is 67.0 Å². The SMILES string of the molecule is CNCCC1CCCCN1S(=O)(=O)c1ccc(Br)c(F)c1. The topological polar surface area (TPSA) is 49.4 Å². The lowest BCUT2D eigenvalue weighted by molar-refractivity contribution is 0.240. The van der Waals surface area contributed by atoms with Crippen molar-refractivity contribution in [1.29, 1.82) is 0 Å². The summed E-state index contributed by atoms with van der Waals surface area (Å²) in [4.78, 5) is 0.0274. The maximum Gasteiger partial charge on any atom is 0.243 e. The number of sulfonamides is 1. The van der Waals surface area contributed by atoms with Gasteiger partial charge in [0.25, 0.3) is 0 Å². The van der Waals surface area contributed by atoms with Crippen molar-refractivity contribution >= 4 is 26.0 Å². The predicted octanol–water partition coefficient (Wildman–Crippen LogP) is 2.74. The summed E-state index contributed by atoms with van der Waals surface area (Å²) >= 11 is 3.05. The molecule has 1 N–H and O–H groups in total. The highest BCUT2D eigenvalue weighted by molar-refractivity contribution is 9.10. The van der Waals surface area contributed by atoms with Crippen molar-refractivity contribution in [2.45, 2.75) is 36.6 Å². The van der Waals surface area contributed by atoms with E-state index in [9.17, 15) is 12.8 Å². The van der Waals surface area contributed by atoms with Crippen molar-refractivity contribution in [3.05, 3.63) is 28.5 Å². The van der Waals surface area contributed by atoms with E-state index in [0.29, 0.717) is 6.54 Å². The molecule has 1 unspecified atom stereocenters. The molecule has 7 heteroatoms. The van der Waals surface area contributed by atoms with Crippen molar-refractivity contribution < 1.29 is 12.8 Å². The Labute approximate surface area is 133 Å². The van der Waals surface area contributed by atoms with Crippen LogP contribution in [0.1, 0.15) is 25.7 Å². The molecule has 1 fully saturated rings. The van der Waals surface area contributed by atoms with Crippen LogP contribution in [0.4, 0.5) is 4.39 Å². The van der Waals surface area contributed by atoms with E-state index in [2.05, 4.69) is 21.2 Å². The number of hydrogen-bond donors (Lipinski definition) is 1. The minimum Gasteiger partial charge on any atom is -0.320 e. The zero-order valence-corrected chi connectivity index (χ0v) is 14.4. The molecule has 1 saturated heterocycles. The average molecular weight is 379 g/mol. The molecular formula is C14H20BrFN2O2S. The van der Waals surface area contributed by atoms with Gasteiger partial charge in [0.1, 0.15) is 5.82 Å². The van der Waals surface area contributed by atoms with Gasteiger partial charge in [-0.1, -0.05) is 6.42 Å². The summed E-state index contributed by atoms with van der Waals surface area (Å²) in [6.07, 6.45) is 3.53. The van der Waals surface area contributed by atoms with Gasteiger partial charge in [0, 0.05) is 12.6 Å². The lowest BCUT2D eigenvalue weighted by Gasteiger charge is -2.34. The monoisotopic (exact) mass is 378 g/mol. The molecule has 0 amide bonds. The van der Waals surface area contributed by atoms with E-state index in [0.717, 1.165) is 38.3 Å².